The molecule has 1 aliphatic carbocycles. The van der Waals surface area contributed by atoms with Gasteiger partial charge in [-0.25, -0.2) is 0 Å². The highest BCUT2D eigenvalue weighted by atomic mass is 79.9. The van der Waals surface area contributed by atoms with Crippen LogP contribution in [0.15, 0.2) is 22.9 Å². The molecule has 1 fully saturated rings. The number of pyridine rings is 1. The molecule has 0 bridgehead atoms. The van der Waals surface area contributed by atoms with E-state index in [1.54, 1.807) is 6.20 Å². The van der Waals surface area contributed by atoms with E-state index in [9.17, 15) is 9.90 Å². The Morgan fingerprint density at radius 1 is 1.45 bits per heavy atom. The van der Waals surface area contributed by atoms with E-state index in [-0.39, 0.29) is 11.8 Å². The first-order valence-electron chi connectivity index (χ1n) is 7.29. The molecular weight excluding hydrogens is 318 g/mol. The van der Waals surface area contributed by atoms with Gasteiger partial charge in [0.2, 0.25) is 0 Å². The SMILES string of the molecule is CC(C)C1CCC(C(=O)O)C(Cc2cncc(Br)c2)C1. The molecule has 1 saturated carbocycles. The summed E-state index contributed by atoms with van der Waals surface area (Å²) in [5.74, 6) is 0.664. The number of nitrogens with zero attached hydrogens (tertiary/aromatic N) is 1. The van der Waals surface area contributed by atoms with Gasteiger partial charge >= 0.3 is 5.97 Å². The van der Waals surface area contributed by atoms with Gasteiger partial charge in [-0.1, -0.05) is 13.8 Å². The molecule has 3 atom stereocenters. The third-order valence-electron chi connectivity index (χ3n) is 4.54. The summed E-state index contributed by atoms with van der Waals surface area (Å²) in [6.07, 6.45) is 7.29. The molecule has 110 valence electrons. The lowest BCUT2D eigenvalue weighted by molar-refractivity contribution is -0.145. The van der Waals surface area contributed by atoms with Crippen molar-refractivity contribution in [2.24, 2.45) is 23.7 Å². The Kier molecular flexibility index (Phi) is 5.19. The van der Waals surface area contributed by atoms with E-state index in [0.29, 0.717) is 11.8 Å². The standard InChI is InChI=1S/C16H22BrNO2/c1-10(2)12-3-4-15(16(19)20)13(7-12)5-11-6-14(17)9-18-8-11/h6,8-10,12-13,15H,3-5,7H2,1-2H3,(H,19,20). The average molecular weight is 340 g/mol. The summed E-state index contributed by atoms with van der Waals surface area (Å²) in [6, 6.07) is 2.05. The number of rotatable bonds is 4. The molecule has 0 radical (unpaired) electrons. The molecule has 20 heavy (non-hydrogen) atoms. The van der Waals surface area contributed by atoms with Gasteiger partial charge < -0.3 is 5.11 Å². The van der Waals surface area contributed by atoms with Crippen LogP contribution in [0.4, 0.5) is 0 Å². The molecule has 0 saturated heterocycles. The number of hydrogen-bond donors (Lipinski definition) is 1. The first-order chi connectivity index (χ1) is 9.47. The second kappa shape index (κ2) is 6.70. The molecule has 0 spiro atoms. The Morgan fingerprint density at radius 2 is 2.20 bits per heavy atom. The first-order valence-corrected chi connectivity index (χ1v) is 8.09. The van der Waals surface area contributed by atoms with E-state index in [0.717, 1.165) is 35.7 Å². The molecule has 3 unspecified atom stereocenters. The number of halogens is 1. The van der Waals surface area contributed by atoms with Crippen molar-refractivity contribution in [1.82, 2.24) is 4.98 Å². The van der Waals surface area contributed by atoms with Crippen molar-refractivity contribution in [3.63, 3.8) is 0 Å². The van der Waals surface area contributed by atoms with Gasteiger partial charge in [0, 0.05) is 16.9 Å². The monoisotopic (exact) mass is 339 g/mol. The molecule has 1 aliphatic rings. The summed E-state index contributed by atoms with van der Waals surface area (Å²) in [6.45, 7) is 4.48. The number of aromatic nitrogens is 1. The largest absolute Gasteiger partial charge is 0.481 e. The predicted octanol–water partition coefficient (Wildman–Crippen LogP) is 4.16. The average Bonchev–Trinajstić information content (AvgIpc) is 2.38. The smallest absolute Gasteiger partial charge is 0.306 e. The molecular formula is C16H22BrNO2. The van der Waals surface area contributed by atoms with Crippen molar-refractivity contribution in [2.45, 2.75) is 39.5 Å². The lowest BCUT2D eigenvalue weighted by Crippen LogP contribution is -2.33. The summed E-state index contributed by atoms with van der Waals surface area (Å²) in [7, 11) is 0. The van der Waals surface area contributed by atoms with Gasteiger partial charge in [-0.2, -0.15) is 0 Å². The van der Waals surface area contributed by atoms with Crippen molar-refractivity contribution in [3.05, 3.63) is 28.5 Å². The van der Waals surface area contributed by atoms with Gasteiger partial charge in [0.25, 0.3) is 0 Å². The minimum absolute atomic E-state index is 0.205. The summed E-state index contributed by atoms with van der Waals surface area (Å²) >= 11 is 3.43. The van der Waals surface area contributed by atoms with Gasteiger partial charge in [0.15, 0.2) is 0 Å². The van der Waals surface area contributed by atoms with Gasteiger partial charge in [0.05, 0.1) is 5.92 Å². The maximum absolute atomic E-state index is 11.5. The third kappa shape index (κ3) is 3.81. The molecule has 1 heterocycles. The summed E-state index contributed by atoms with van der Waals surface area (Å²) in [5, 5.41) is 9.44. The molecule has 4 heteroatoms. The highest BCUT2D eigenvalue weighted by Crippen LogP contribution is 2.39. The van der Waals surface area contributed by atoms with Crippen molar-refractivity contribution in [3.8, 4) is 0 Å². The second-order valence-corrected chi connectivity index (χ2v) is 7.15. The first kappa shape index (κ1) is 15.5. The molecule has 1 aromatic rings. The van der Waals surface area contributed by atoms with E-state index >= 15 is 0 Å². The van der Waals surface area contributed by atoms with Gasteiger partial charge in [-0.05, 0) is 71.0 Å². The second-order valence-electron chi connectivity index (χ2n) is 6.24. The summed E-state index contributed by atoms with van der Waals surface area (Å²) < 4.78 is 0.957. The van der Waals surface area contributed by atoms with Crippen LogP contribution in [0.2, 0.25) is 0 Å². The highest BCUT2D eigenvalue weighted by Gasteiger charge is 2.35. The minimum atomic E-state index is -0.639. The normalized spacial score (nSPS) is 26.7. The van der Waals surface area contributed by atoms with E-state index in [1.807, 2.05) is 12.3 Å². The molecule has 3 nitrogen and oxygen atoms in total. The Balaban J connectivity index is 2.13. The topological polar surface area (TPSA) is 50.2 Å². The number of hydrogen-bond acceptors (Lipinski definition) is 2. The Hall–Kier alpha value is -0.900. The molecule has 1 N–H and O–H groups in total. The third-order valence-corrected chi connectivity index (χ3v) is 4.98. The Bertz CT molecular complexity index is 475. The molecule has 0 aliphatic heterocycles. The van der Waals surface area contributed by atoms with E-state index in [1.165, 1.54) is 0 Å². The molecule has 0 amide bonds. The zero-order valence-electron chi connectivity index (χ0n) is 12.1. The van der Waals surface area contributed by atoms with Crippen LogP contribution >= 0.6 is 15.9 Å². The van der Waals surface area contributed by atoms with E-state index in [4.69, 9.17) is 0 Å². The molecule has 2 rings (SSSR count). The number of carboxylic acid groups (broad SMARTS) is 1. The van der Waals surface area contributed by atoms with E-state index in [2.05, 4.69) is 34.8 Å². The van der Waals surface area contributed by atoms with Crippen LogP contribution in [0, 0.1) is 23.7 Å². The summed E-state index contributed by atoms with van der Waals surface area (Å²) in [4.78, 5) is 15.7. The van der Waals surface area contributed by atoms with Crippen LogP contribution in [-0.4, -0.2) is 16.1 Å². The lowest BCUT2D eigenvalue weighted by atomic mass is 9.69. The lowest BCUT2D eigenvalue weighted by Gasteiger charge is -2.36. The number of carboxylic acids is 1. The Labute approximate surface area is 128 Å². The van der Waals surface area contributed by atoms with Crippen molar-refractivity contribution in [2.75, 3.05) is 0 Å². The van der Waals surface area contributed by atoms with Crippen LogP contribution < -0.4 is 0 Å². The van der Waals surface area contributed by atoms with Crippen molar-refractivity contribution in [1.29, 1.82) is 0 Å². The van der Waals surface area contributed by atoms with Crippen LogP contribution in [0.1, 0.15) is 38.7 Å². The maximum Gasteiger partial charge on any atom is 0.306 e. The molecule has 0 aromatic carbocycles. The van der Waals surface area contributed by atoms with Crippen molar-refractivity contribution >= 4 is 21.9 Å². The predicted molar refractivity (Wildman–Crippen MR) is 82.4 cm³/mol. The zero-order chi connectivity index (χ0) is 14.7. The Morgan fingerprint density at radius 3 is 2.80 bits per heavy atom. The van der Waals surface area contributed by atoms with Crippen LogP contribution in [0.5, 0.6) is 0 Å². The highest BCUT2D eigenvalue weighted by molar-refractivity contribution is 9.10. The zero-order valence-corrected chi connectivity index (χ0v) is 13.6. The number of aliphatic carboxylic acids is 1. The van der Waals surface area contributed by atoms with Gasteiger partial charge in [-0.3, -0.25) is 9.78 Å². The maximum atomic E-state index is 11.5. The minimum Gasteiger partial charge on any atom is -0.481 e. The fourth-order valence-corrected chi connectivity index (χ4v) is 3.74. The van der Waals surface area contributed by atoms with Crippen LogP contribution in [-0.2, 0) is 11.2 Å². The fourth-order valence-electron chi connectivity index (χ4n) is 3.33. The quantitative estimate of drug-likeness (QED) is 0.895. The van der Waals surface area contributed by atoms with Crippen molar-refractivity contribution < 1.29 is 9.90 Å². The van der Waals surface area contributed by atoms with Crippen LogP contribution in [0.3, 0.4) is 0 Å². The van der Waals surface area contributed by atoms with Gasteiger partial charge in [-0.15, -0.1) is 0 Å². The molecule has 1 aromatic heterocycles. The fraction of sp³-hybridized carbons (Fsp3) is 0.625. The van der Waals surface area contributed by atoms with Crippen LogP contribution in [0.25, 0.3) is 0 Å². The van der Waals surface area contributed by atoms with Gasteiger partial charge in [0.1, 0.15) is 0 Å². The number of carbonyl (C=O) groups is 1. The van der Waals surface area contributed by atoms with E-state index < -0.39 is 5.97 Å². The summed E-state index contributed by atoms with van der Waals surface area (Å²) in [5.41, 5.74) is 1.13.